The van der Waals surface area contributed by atoms with E-state index in [1.807, 2.05) is 22.2 Å². The summed E-state index contributed by atoms with van der Waals surface area (Å²) in [5, 5.41) is 6.40. The molecule has 0 radical (unpaired) electrons. The molecule has 1 atom stereocenters. The van der Waals surface area contributed by atoms with Gasteiger partial charge in [-0.1, -0.05) is 6.07 Å². The highest BCUT2D eigenvalue weighted by Crippen LogP contribution is 2.13. The summed E-state index contributed by atoms with van der Waals surface area (Å²) in [6, 6.07) is 4.56. The van der Waals surface area contributed by atoms with Gasteiger partial charge in [0.2, 0.25) is 0 Å². The molecule has 2 N–H and O–H groups in total. The Bertz CT molecular complexity index is 447. The van der Waals surface area contributed by atoms with E-state index in [0.717, 1.165) is 25.8 Å². The van der Waals surface area contributed by atoms with Gasteiger partial charge in [0.05, 0.1) is 6.20 Å². The molecule has 0 bridgehead atoms. The molecule has 2 rings (SSSR count). The second-order valence-corrected chi connectivity index (χ2v) is 5.67. The summed E-state index contributed by atoms with van der Waals surface area (Å²) in [4.78, 5) is 1.46. The molecule has 2 aromatic heterocycles. The lowest BCUT2D eigenvalue weighted by Gasteiger charge is -2.09. The van der Waals surface area contributed by atoms with Crippen molar-refractivity contribution in [3.8, 4) is 0 Å². The molecule has 18 heavy (non-hydrogen) atoms. The van der Waals surface area contributed by atoms with Gasteiger partial charge < -0.3 is 5.73 Å². The lowest BCUT2D eigenvalue weighted by Crippen LogP contribution is -2.22. The number of aryl methyl sites for hydroxylation is 2. The monoisotopic (exact) mass is 263 g/mol. The number of nitrogens with two attached hydrogens (primary N) is 1. The maximum atomic E-state index is 6.16. The Labute approximate surface area is 113 Å². The van der Waals surface area contributed by atoms with Crippen molar-refractivity contribution in [1.29, 1.82) is 0 Å². The Morgan fingerprint density at radius 1 is 1.50 bits per heavy atom. The molecule has 0 aliphatic carbocycles. The minimum Gasteiger partial charge on any atom is -0.327 e. The average Bonchev–Trinajstić information content (AvgIpc) is 3.00. The molecule has 0 aliphatic heterocycles. The first-order valence-electron chi connectivity index (χ1n) is 6.57. The summed E-state index contributed by atoms with van der Waals surface area (Å²) < 4.78 is 1.95. The van der Waals surface area contributed by atoms with Gasteiger partial charge in [-0.15, -0.1) is 11.3 Å². The predicted octanol–water partition coefficient (Wildman–Crippen LogP) is 2.86. The normalized spacial score (nSPS) is 12.8. The number of hydrogen-bond donors (Lipinski definition) is 1. The number of nitrogens with zero attached hydrogens (tertiary/aromatic N) is 2. The van der Waals surface area contributed by atoms with Crippen molar-refractivity contribution >= 4 is 11.3 Å². The molecular weight excluding hydrogens is 242 g/mol. The molecule has 0 aliphatic rings. The molecule has 3 nitrogen and oxygen atoms in total. The van der Waals surface area contributed by atoms with Crippen molar-refractivity contribution in [1.82, 2.24) is 9.78 Å². The Balaban J connectivity index is 1.70. The smallest absolute Gasteiger partial charge is 0.0522 e. The molecule has 0 aromatic carbocycles. The molecule has 4 heteroatoms. The largest absolute Gasteiger partial charge is 0.327 e. The van der Waals surface area contributed by atoms with Crippen molar-refractivity contribution in [2.75, 3.05) is 0 Å². The van der Waals surface area contributed by atoms with E-state index in [2.05, 4.69) is 35.7 Å². The van der Waals surface area contributed by atoms with E-state index < -0.39 is 0 Å². The van der Waals surface area contributed by atoms with E-state index >= 15 is 0 Å². The fraction of sp³-hybridized carbons (Fsp3) is 0.500. The fourth-order valence-corrected chi connectivity index (χ4v) is 2.83. The van der Waals surface area contributed by atoms with Crippen LogP contribution in [0.5, 0.6) is 0 Å². The van der Waals surface area contributed by atoms with Crippen LogP contribution in [0.25, 0.3) is 0 Å². The lowest BCUT2D eigenvalue weighted by molar-refractivity contribution is 0.581. The summed E-state index contributed by atoms with van der Waals surface area (Å²) in [5.74, 6) is 0. The van der Waals surface area contributed by atoms with E-state index in [1.54, 1.807) is 0 Å². The zero-order chi connectivity index (χ0) is 12.8. The first kappa shape index (κ1) is 13.3. The van der Waals surface area contributed by atoms with E-state index in [1.165, 1.54) is 16.9 Å². The van der Waals surface area contributed by atoms with Crippen LogP contribution >= 0.6 is 11.3 Å². The highest BCUT2D eigenvalue weighted by Gasteiger charge is 2.06. The van der Waals surface area contributed by atoms with E-state index in [0.29, 0.717) is 0 Å². The van der Waals surface area contributed by atoms with Crippen molar-refractivity contribution in [2.45, 2.75) is 45.2 Å². The van der Waals surface area contributed by atoms with Gasteiger partial charge in [-0.25, -0.2) is 0 Å². The average molecular weight is 263 g/mol. The first-order chi connectivity index (χ1) is 8.78. The summed E-state index contributed by atoms with van der Waals surface area (Å²) in [6.45, 7) is 3.02. The Kier molecular flexibility index (Phi) is 4.96. The Morgan fingerprint density at radius 2 is 2.39 bits per heavy atom. The molecule has 0 saturated carbocycles. The maximum Gasteiger partial charge on any atom is 0.0522 e. The number of rotatable bonds is 7. The third-order valence-electron chi connectivity index (χ3n) is 3.09. The summed E-state index contributed by atoms with van der Waals surface area (Å²) in [7, 11) is 0. The number of hydrogen-bond acceptors (Lipinski definition) is 3. The lowest BCUT2D eigenvalue weighted by atomic mass is 10.0. The molecular formula is C14H21N3S. The zero-order valence-corrected chi connectivity index (χ0v) is 11.7. The predicted molar refractivity (Wildman–Crippen MR) is 76.8 cm³/mol. The number of thiophene rings is 1. The molecule has 2 heterocycles. The summed E-state index contributed by atoms with van der Waals surface area (Å²) in [5.41, 5.74) is 7.41. The van der Waals surface area contributed by atoms with Gasteiger partial charge in [0.25, 0.3) is 0 Å². The Hall–Kier alpha value is -1.13. The van der Waals surface area contributed by atoms with Gasteiger partial charge in [0.1, 0.15) is 0 Å². The van der Waals surface area contributed by atoms with Crippen LogP contribution in [0.4, 0.5) is 0 Å². The SMILES string of the molecule is CCn1cc(CC(N)CCCc2cccs2)cn1. The van der Waals surface area contributed by atoms with Crippen LogP contribution in [0.15, 0.2) is 29.9 Å². The van der Waals surface area contributed by atoms with E-state index in [-0.39, 0.29) is 6.04 Å². The van der Waals surface area contributed by atoms with Crippen molar-refractivity contribution in [3.63, 3.8) is 0 Å². The van der Waals surface area contributed by atoms with Crippen LogP contribution < -0.4 is 5.73 Å². The van der Waals surface area contributed by atoms with Crippen LogP contribution in [0.3, 0.4) is 0 Å². The van der Waals surface area contributed by atoms with Crippen LogP contribution in [0.2, 0.25) is 0 Å². The van der Waals surface area contributed by atoms with Gasteiger partial charge in [-0.2, -0.15) is 5.10 Å². The van der Waals surface area contributed by atoms with E-state index in [9.17, 15) is 0 Å². The standard InChI is InChI=1S/C14H21N3S/c1-2-17-11-12(10-16-17)9-13(15)5-3-6-14-7-4-8-18-14/h4,7-8,10-11,13H,2-3,5-6,9,15H2,1H3. The van der Waals surface area contributed by atoms with Crippen LogP contribution in [0.1, 0.15) is 30.2 Å². The number of aromatic nitrogens is 2. The summed E-state index contributed by atoms with van der Waals surface area (Å²) >= 11 is 1.83. The van der Waals surface area contributed by atoms with Crippen LogP contribution in [-0.4, -0.2) is 15.8 Å². The topological polar surface area (TPSA) is 43.8 Å². The molecule has 98 valence electrons. The van der Waals surface area contributed by atoms with Gasteiger partial charge in [-0.05, 0) is 49.6 Å². The van der Waals surface area contributed by atoms with Crippen LogP contribution in [-0.2, 0) is 19.4 Å². The quantitative estimate of drug-likeness (QED) is 0.834. The highest BCUT2D eigenvalue weighted by molar-refractivity contribution is 7.09. The van der Waals surface area contributed by atoms with Gasteiger partial charge in [0.15, 0.2) is 0 Å². The third kappa shape index (κ3) is 3.96. The van der Waals surface area contributed by atoms with Gasteiger partial charge in [0, 0.05) is 23.7 Å². The second kappa shape index (κ2) is 6.71. The van der Waals surface area contributed by atoms with E-state index in [4.69, 9.17) is 5.73 Å². The van der Waals surface area contributed by atoms with Crippen molar-refractivity contribution in [3.05, 3.63) is 40.3 Å². The maximum absolute atomic E-state index is 6.16. The first-order valence-corrected chi connectivity index (χ1v) is 7.45. The third-order valence-corrected chi connectivity index (χ3v) is 4.02. The molecule has 0 fully saturated rings. The zero-order valence-electron chi connectivity index (χ0n) is 10.9. The van der Waals surface area contributed by atoms with Crippen LogP contribution in [0, 0.1) is 0 Å². The van der Waals surface area contributed by atoms with Gasteiger partial charge in [-0.3, -0.25) is 4.68 Å². The molecule has 0 spiro atoms. The molecule has 0 saturated heterocycles. The van der Waals surface area contributed by atoms with Crippen molar-refractivity contribution < 1.29 is 0 Å². The van der Waals surface area contributed by atoms with Gasteiger partial charge >= 0.3 is 0 Å². The Morgan fingerprint density at radius 3 is 3.06 bits per heavy atom. The molecule has 1 unspecified atom stereocenters. The molecule has 2 aromatic rings. The summed E-state index contributed by atoms with van der Waals surface area (Å²) in [6.07, 6.45) is 8.37. The van der Waals surface area contributed by atoms with Crippen molar-refractivity contribution in [2.24, 2.45) is 5.73 Å². The highest BCUT2D eigenvalue weighted by atomic mass is 32.1. The minimum atomic E-state index is 0.250. The molecule has 0 amide bonds. The fourth-order valence-electron chi connectivity index (χ4n) is 2.08. The minimum absolute atomic E-state index is 0.250. The second-order valence-electron chi connectivity index (χ2n) is 4.64.